The van der Waals surface area contributed by atoms with Crippen LogP contribution < -0.4 is 0 Å². The predicted octanol–water partition coefficient (Wildman–Crippen LogP) is 2.50. The van der Waals surface area contributed by atoms with Gasteiger partial charge in [-0.15, -0.1) is 0 Å². The Bertz CT molecular complexity index is 827. The van der Waals surface area contributed by atoms with Crippen molar-refractivity contribution in [3.63, 3.8) is 0 Å². The Morgan fingerprint density at radius 1 is 1.25 bits per heavy atom. The molecule has 0 atom stereocenters. The molecule has 1 aliphatic carbocycles. The lowest BCUT2D eigenvalue weighted by molar-refractivity contribution is -0.136. The normalized spacial score (nSPS) is 17.2. The number of likely N-dealkylation sites (N-methyl/N-ethyl adjacent to an activating group) is 1. The molecule has 2 aliphatic rings. The maximum Gasteiger partial charge on any atom is 0.256 e. The summed E-state index contributed by atoms with van der Waals surface area (Å²) in [5, 5.41) is 0. The van der Waals surface area contributed by atoms with E-state index in [1.165, 1.54) is 17.1 Å². The lowest BCUT2D eigenvalue weighted by atomic mass is 10.1. The van der Waals surface area contributed by atoms with Gasteiger partial charge in [-0.1, -0.05) is 29.9 Å². The van der Waals surface area contributed by atoms with E-state index in [1.54, 1.807) is 25.8 Å². The molecule has 0 aromatic heterocycles. The van der Waals surface area contributed by atoms with E-state index in [0.29, 0.717) is 18.5 Å². The number of allylic oxidation sites excluding steroid dienone is 4. The molecule has 0 saturated carbocycles. The fraction of sp³-hybridized carbons (Fsp3) is 0.364. The quantitative estimate of drug-likeness (QED) is 0.367. The third-order valence-electron chi connectivity index (χ3n) is 4.64. The molecule has 6 nitrogen and oxygen atoms in total. The molecular formula is C22H26N2O4. The molecule has 0 spiro atoms. The van der Waals surface area contributed by atoms with E-state index >= 15 is 0 Å². The maximum absolute atomic E-state index is 12.2. The molecule has 1 heterocycles. The first-order chi connectivity index (χ1) is 13.3. The minimum Gasteiger partial charge on any atom is -0.342 e. The van der Waals surface area contributed by atoms with Crippen molar-refractivity contribution < 1.29 is 19.2 Å². The minimum atomic E-state index is -0.283. The van der Waals surface area contributed by atoms with Gasteiger partial charge in [0.05, 0.1) is 6.54 Å². The SMILES string of the molecule is CC1=CC(=O)N(CC2=CC(CCN(C)C(=O)/C=C(/C)CC=O)=CCC=C2)C1=O. The number of carbonyl (C=O) groups is 4. The van der Waals surface area contributed by atoms with Gasteiger partial charge in [0, 0.05) is 37.7 Å². The molecular weight excluding hydrogens is 356 g/mol. The van der Waals surface area contributed by atoms with Gasteiger partial charge in [-0.05, 0) is 37.8 Å². The number of aldehydes is 1. The van der Waals surface area contributed by atoms with Gasteiger partial charge >= 0.3 is 0 Å². The van der Waals surface area contributed by atoms with E-state index in [4.69, 9.17) is 0 Å². The first-order valence-corrected chi connectivity index (χ1v) is 9.28. The summed E-state index contributed by atoms with van der Waals surface area (Å²) in [6.07, 6.45) is 13.3. The molecule has 2 rings (SSSR count). The molecule has 0 unspecified atom stereocenters. The number of imide groups is 1. The Morgan fingerprint density at radius 3 is 2.64 bits per heavy atom. The molecule has 0 radical (unpaired) electrons. The average molecular weight is 382 g/mol. The highest BCUT2D eigenvalue weighted by Gasteiger charge is 2.28. The van der Waals surface area contributed by atoms with Gasteiger partial charge in [-0.2, -0.15) is 0 Å². The van der Waals surface area contributed by atoms with Crippen molar-refractivity contribution in [1.29, 1.82) is 0 Å². The largest absolute Gasteiger partial charge is 0.342 e. The third kappa shape index (κ3) is 5.74. The number of hydrogen-bond acceptors (Lipinski definition) is 4. The number of carbonyl (C=O) groups excluding carboxylic acids is 4. The Hall–Kier alpha value is -3.02. The monoisotopic (exact) mass is 382 g/mol. The van der Waals surface area contributed by atoms with Crippen molar-refractivity contribution >= 4 is 24.0 Å². The number of hydrogen-bond donors (Lipinski definition) is 0. The van der Waals surface area contributed by atoms with Crippen LogP contribution in [0.5, 0.6) is 0 Å². The Morgan fingerprint density at radius 2 is 2.00 bits per heavy atom. The van der Waals surface area contributed by atoms with E-state index in [9.17, 15) is 19.2 Å². The summed E-state index contributed by atoms with van der Waals surface area (Å²) < 4.78 is 0. The van der Waals surface area contributed by atoms with Crippen LogP contribution in [0.2, 0.25) is 0 Å². The van der Waals surface area contributed by atoms with Crippen LogP contribution >= 0.6 is 0 Å². The van der Waals surface area contributed by atoms with Gasteiger partial charge in [0.15, 0.2) is 0 Å². The molecule has 6 heteroatoms. The summed E-state index contributed by atoms with van der Waals surface area (Å²) in [6, 6.07) is 0. The molecule has 0 saturated heterocycles. The van der Waals surface area contributed by atoms with E-state index in [1.807, 2.05) is 18.2 Å². The van der Waals surface area contributed by atoms with Gasteiger partial charge in [0.25, 0.3) is 11.8 Å². The number of rotatable bonds is 8. The number of amides is 3. The van der Waals surface area contributed by atoms with E-state index in [-0.39, 0.29) is 30.7 Å². The molecule has 0 aromatic rings. The van der Waals surface area contributed by atoms with Gasteiger partial charge in [-0.3, -0.25) is 19.3 Å². The standard InChI is InChI=1S/C22H26N2O4/c1-16(9-11-25)12-20(26)23(3)10-8-18-6-4-5-7-19(14-18)15-24-21(27)13-17(2)22(24)28/h5-7,11-14H,4,8-10,15H2,1-3H3/b16-12-. The van der Waals surface area contributed by atoms with Crippen LogP contribution in [-0.2, 0) is 19.2 Å². The lowest BCUT2D eigenvalue weighted by Gasteiger charge is -2.17. The zero-order chi connectivity index (χ0) is 20.7. The van der Waals surface area contributed by atoms with E-state index in [2.05, 4.69) is 6.08 Å². The van der Waals surface area contributed by atoms with Crippen molar-refractivity contribution in [2.45, 2.75) is 33.1 Å². The predicted molar refractivity (Wildman–Crippen MR) is 107 cm³/mol. The molecule has 0 bridgehead atoms. The average Bonchev–Trinajstić information content (AvgIpc) is 2.81. The van der Waals surface area contributed by atoms with Gasteiger partial charge in [0.1, 0.15) is 6.29 Å². The Labute approximate surface area is 165 Å². The first kappa shape index (κ1) is 21.3. The molecule has 1 aliphatic heterocycles. The summed E-state index contributed by atoms with van der Waals surface area (Å²) in [6.45, 7) is 4.16. The van der Waals surface area contributed by atoms with E-state index < -0.39 is 0 Å². The van der Waals surface area contributed by atoms with E-state index in [0.717, 1.165) is 29.4 Å². The fourth-order valence-electron chi connectivity index (χ4n) is 2.95. The minimum absolute atomic E-state index is 0.134. The van der Waals surface area contributed by atoms with Gasteiger partial charge in [-0.25, -0.2) is 0 Å². The summed E-state index contributed by atoms with van der Waals surface area (Å²) in [7, 11) is 1.73. The van der Waals surface area contributed by atoms with Gasteiger partial charge in [0.2, 0.25) is 5.91 Å². The molecule has 0 N–H and O–H groups in total. The molecule has 0 fully saturated rings. The Kier molecular flexibility index (Phi) is 7.44. The molecule has 148 valence electrons. The summed E-state index contributed by atoms with van der Waals surface area (Å²) in [4.78, 5) is 49.6. The van der Waals surface area contributed by atoms with Crippen molar-refractivity contribution in [2.75, 3.05) is 20.1 Å². The highest BCUT2D eigenvalue weighted by atomic mass is 16.2. The molecule has 28 heavy (non-hydrogen) atoms. The first-order valence-electron chi connectivity index (χ1n) is 9.28. The van der Waals surface area contributed by atoms with Crippen LogP contribution in [0, 0.1) is 0 Å². The Balaban J connectivity index is 1.97. The zero-order valence-electron chi connectivity index (χ0n) is 16.6. The van der Waals surface area contributed by atoms with Crippen LogP contribution in [0.15, 0.2) is 58.7 Å². The van der Waals surface area contributed by atoms with Gasteiger partial charge < -0.3 is 9.69 Å². The summed E-state index contributed by atoms with van der Waals surface area (Å²) >= 11 is 0. The second-order valence-corrected chi connectivity index (χ2v) is 7.06. The van der Waals surface area contributed by atoms with Crippen molar-refractivity contribution in [2.24, 2.45) is 0 Å². The molecule has 3 amide bonds. The van der Waals surface area contributed by atoms with Crippen LogP contribution in [0.3, 0.4) is 0 Å². The smallest absolute Gasteiger partial charge is 0.256 e. The van der Waals surface area contributed by atoms with Crippen molar-refractivity contribution in [1.82, 2.24) is 9.80 Å². The van der Waals surface area contributed by atoms with Crippen LogP contribution in [-0.4, -0.2) is 53.9 Å². The van der Waals surface area contributed by atoms with Crippen molar-refractivity contribution in [3.05, 3.63) is 58.7 Å². The lowest BCUT2D eigenvalue weighted by Crippen LogP contribution is -2.32. The zero-order valence-corrected chi connectivity index (χ0v) is 16.6. The molecule has 0 aromatic carbocycles. The fourth-order valence-corrected chi connectivity index (χ4v) is 2.95. The third-order valence-corrected chi connectivity index (χ3v) is 4.64. The van der Waals surface area contributed by atoms with Crippen LogP contribution in [0.4, 0.5) is 0 Å². The maximum atomic E-state index is 12.2. The number of nitrogens with zero attached hydrogens (tertiary/aromatic N) is 2. The second-order valence-electron chi connectivity index (χ2n) is 7.06. The second kappa shape index (κ2) is 9.78. The van der Waals surface area contributed by atoms with Crippen LogP contribution in [0.1, 0.15) is 33.1 Å². The highest BCUT2D eigenvalue weighted by Crippen LogP contribution is 2.19. The van der Waals surface area contributed by atoms with Crippen molar-refractivity contribution in [3.8, 4) is 0 Å². The van der Waals surface area contributed by atoms with Crippen LogP contribution in [0.25, 0.3) is 0 Å². The highest BCUT2D eigenvalue weighted by molar-refractivity contribution is 6.16. The summed E-state index contributed by atoms with van der Waals surface area (Å²) in [5.74, 6) is -0.669. The topological polar surface area (TPSA) is 74.8 Å². The summed E-state index contributed by atoms with van der Waals surface area (Å²) in [5.41, 5.74) is 3.12.